The van der Waals surface area contributed by atoms with Crippen molar-refractivity contribution in [3.05, 3.63) is 238 Å². The van der Waals surface area contributed by atoms with Crippen LogP contribution in [-0.2, 0) is 6.42 Å². The molecule has 2 N–H and O–H groups in total. The Hall–Kier alpha value is -7.73. The van der Waals surface area contributed by atoms with Crippen LogP contribution in [0.15, 0.2) is 205 Å². The highest BCUT2D eigenvalue weighted by atomic mass is 32.1. The molecule has 0 saturated carbocycles. The molecule has 6 aromatic carbocycles. The van der Waals surface area contributed by atoms with Gasteiger partial charge in [-0.15, -0.1) is 11.3 Å². The number of aromatic nitrogens is 2. The lowest BCUT2D eigenvalue weighted by molar-refractivity contribution is 1.15. The quantitative estimate of drug-likeness (QED) is 0.0611. The van der Waals surface area contributed by atoms with Gasteiger partial charge in [-0.1, -0.05) is 176 Å². The van der Waals surface area contributed by atoms with Gasteiger partial charge in [0, 0.05) is 31.3 Å². The number of hydrogen-bond donors (Lipinski definition) is 1. The van der Waals surface area contributed by atoms with Crippen LogP contribution in [0.1, 0.15) is 41.3 Å². The Bertz CT molecular complexity index is 3220. The SMILES string of the molecule is C/C=c1/sc2ccc(-c3cccc(/C=C(\C=C(/N=CN)c4ccccc4)c4ccccc4)c3)cc2/c1=C/Cc1cccc(-c2nc(C3=CC=CCC=C3)cc(-c3ccccc3)n2)c1. The summed E-state index contributed by atoms with van der Waals surface area (Å²) in [5, 5.41) is 2.51. The van der Waals surface area contributed by atoms with Gasteiger partial charge >= 0.3 is 0 Å². The van der Waals surface area contributed by atoms with Crippen LogP contribution in [-0.4, -0.2) is 16.3 Å². The van der Waals surface area contributed by atoms with Gasteiger partial charge in [0.25, 0.3) is 0 Å². The molecule has 9 rings (SSSR count). The molecule has 1 aliphatic carbocycles. The van der Waals surface area contributed by atoms with Crippen molar-refractivity contribution in [2.24, 2.45) is 10.7 Å². The zero-order valence-electron chi connectivity index (χ0n) is 35.1. The number of nitrogens with two attached hydrogens (primary N) is 1. The Morgan fingerprint density at radius 2 is 1.40 bits per heavy atom. The number of fused-ring (bicyclic) bond motifs is 1. The minimum atomic E-state index is 0.716. The van der Waals surface area contributed by atoms with E-state index in [0.717, 1.165) is 74.5 Å². The first-order chi connectivity index (χ1) is 31.1. The molecule has 0 atom stereocenters. The van der Waals surface area contributed by atoms with Crippen molar-refractivity contribution in [2.75, 3.05) is 0 Å². The molecule has 2 heterocycles. The van der Waals surface area contributed by atoms with Crippen LogP contribution in [0.3, 0.4) is 0 Å². The lowest BCUT2D eigenvalue weighted by Crippen LogP contribution is -2.18. The molecule has 0 fully saturated rings. The van der Waals surface area contributed by atoms with Crippen molar-refractivity contribution >= 4 is 62.8 Å². The van der Waals surface area contributed by atoms with Crippen LogP contribution in [0.2, 0.25) is 0 Å². The van der Waals surface area contributed by atoms with Crippen LogP contribution < -0.4 is 15.5 Å². The molecule has 0 aliphatic heterocycles. The zero-order valence-corrected chi connectivity index (χ0v) is 35.9. The van der Waals surface area contributed by atoms with Gasteiger partial charge in [0.2, 0.25) is 0 Å². The van der Waals surface area contributed by atoms with E-state index in [9.17, 15) is 0 Å². The molecule has 4 nitrogen and oxygen atoms in total. The van der Waals surface area contributed by atoms with E-state index in [0.29, 0.717) is 5.82 Å². The average Bonchev–Trinajstić information content (AvgIpc) is 3.47. The maximum atomic E-state index is 5.84. The van der Waals surface area contributed by atoms with Crippen LogP contribution in [0.25, 0.3) is 78.9 Å². The molecule has 0 spiro atoms. The van der Waals surface area contributed by atoms with E-state index in [2.05, 4.69) is 200 Å². The topological polar surface area (TPSA) is 64.2 Å². The molecule has 0 bridgehead atoms. The van der Waals surface area contributed by atoms with Crippen molar-refractivity contribution in [2.45, 2.75) is 19.8 Å². The molecule has 304 valence electrons. The summed E-state index contributed by atoms with van der Waals surface area (Å²) in [6, 6.07) is 57.3. The molecule has 2 aromatic heterocycles. The van der Waals surface area contributed by atoms with Gasteiger partial charge in [0.05, 0.1) is 23.4 Å². The van der Waals surface area contributed by atoms with Crippen LogP contribution >= 0.6 is 11.3 Å². The minimum Gasteiger partial charge on any atom is -0.390 e. The van der Waals surface area contributed by atoms with E-state index in [-0.39, 0.29) is 0 Å². The normalized spacial score (nSPS) is 13.8. The standard InChI is InChI=1S/C58H46N4S/c1-2-56-51(32-30-41-18-16-29-49(34-41)58-61-54(45-24-8-3-4-9-25-45)39-55(62-58)46-26-14-7-15-27-46)52-37-48(31-33-57(52)63-56)47-28-17-19-42(35-47)36-50(43-20-10-5-11-21-43)38-53(60-40-59)44-22-12-6-13-23-44/h2-3,5-29,31-40H,4,30H2,1H3,(H2,59,60)/b50-36+,51-32-,53-38-,56-2+. The number of aliphatic imine (C=N–C) groups is 1. The van der Waals surface area contributed by atoms with E-state index >= 15 is 0 Å². The fourth-order valence-electron chi connectivity index (χ4n) is 7.89. The second-order valence-electron chi connectivity index (χ2n) is 15.3. The predicted octanol–water partition coefficient (Wildman–Crippen LogP) is 13.0. The van der Waals surface area contributed by atoms with Crippen molar-refractivity contribution in [3.8, 4) is 33.8 Å². The fourth-order valence-corrected chi connectivity index (χ4v) is 8.96. The predicted molar refractivity (Wildman–Crippen MR) is 270 cm³/mol. The fraction of sp³-hybridized carbons (Fsp3) is 0.0517. The highest BCUT2D eigenvalue weighted by molar-refractivity contribution is 7.17. The van der Waals surface area contributed by atoms with E-state index in [4.69, 9.17) is 15.7 Å². The van der Waals surface area contributed by atoms with Crippen LogP contribution in [0.5, 0.6) is 0 Å². The van der Waals surface area contributed by atoms with Gasteiger partial charge in [-0.3, -0.25) is 0 Å². The molecule has 5 heteroatoms. The molecule has 1 aliphatic rings. The zero-order chi connectivity index (χ0) is 42.8. The van der Waals surface area contributed by atoms with E-state index in [1.807, 2.05) is 41.7 Å². The summed E-state index contributed by atoms with van der Waals surface area (Å²) >= 11 is 1.84. The molecular weight excluding hydrogens is 785 g/mol. The number of rotatable bonds is 11. The van der Waals surface area contributed by atoms with E-state index < -0.39 is 0 Å². The summed E-state index contributed by atoms with van der Waals surface area (Å²) in [5.41, 5.74) is 19.3. The molecule has 0 unspecified atom stereocenters. The summed E-state index contributed by atoms with van der Waals surface area (Å²) in [6.45, 7) is 2.13. The van der Waals surface area contributed by atoms with Crippen molar-refractivity contribution in [1.82, 2.24) is 9.97 Å². The largest absolute Gasteiger partial charge is 0.390 e. The second-order valence-corrected chi connectivity index (χ2v) is 16.4. The highest BCUT2D eigenvalue weighted by Crippen LogP contribution is 2.31. The molecule has 0 amide bonds. The Morgan fingerprint density at radius 3 is 2.19 bits per heavy atom. The van der Waals surface area contributed by atoms with Gasteiger partial charge in [0.1, 0.15) is 0 Å². The maximum Gasteiger partial charge on any atom is 0.160 e. The van der Waals surface area contributed by atoms with Crippen molar-refractivity contribution in [3.63, 3.8) is 0 Å². The minimum absolute atomic E-state index is 0.716. The van der Waals surface area contributed by atoms with Gasteiger partial charge in [-0.25, -0.2) is 15.0 Å². The summed E-state index contributed by atoms with van der Waals surface area (Å²) in [4.78, 5) is 14.8. The first-order valence-corrected chi connectivity index (χ1v) is 22.1. The number of hydrogen-bond acceptors (Lipinski definition) is 4. The number of benzene rings is 6. The molecule has 0 saturated heterocycles. The van der Waals surface area contributed by atoms with Crippen molar-refractivity contribution in [1.29, 1.82) is 0 Å². The third-order valence-electron chi connectivity index (χ3n) is 11.0. The average molecular weight is 831 g/mol. The Labute approximate surface area is 373 Å². The van der Waals surface area contributed by atoms with Gasteiger partial charge in [-0.2, -0.15) is 0 Å². The Balaban J connectivity index is 1.06. The van der Waals surface area contributed by atoms with Gasteiger partial charge in [-0.05, 0) is 106 Å². The molecule has 8 aromatic rings. The second kappa shape index (κ2) is 19.3. The van der Waals surface area contributed by atoms with Crippen LogP contribution in [0.4, 0.5) is 0 Å². The first-order valence-electron chi connectivity index (χ1n) is 21.3. The first kappa shape index (κ1) is 40.7. The smallest absolute Gasteiger partial charge is 0.160 e. The van der Waals surface area contributed by atoms with Gasteiger partial charge < -0.3 is 5.73 Å². The Kier molecular flexibility index (Phi) is 12.5. The summed E-state index contributed by atoms with van der Waals surface area (Å²) < 4.78 is 2.54. The number of thiophene rings is 1. The monoisotopic (exact) mass is 830 g/mol. The lowest BCUT2D eigenvalue weighted by Gasteiger charge is -2.10. The van der Waals surface area contributed by atoms with Crippen LogP contribution in [0, 0.1) is 0 Å². The molecule has 63 heavy (non-hydrogen) atoms. The maximum absolute atomic E-state index is 5.84. The molecule has 0 radical (unpaired) electrons. The van der Waals surface area contributed by atoms with Gasteiger partial charge in [0.15, 0.2) is 5.82 Å². The Morgan fingerprint density at radius 1 is 0.683 bits per heavy atom. The highest BCUT2D eigenvalue weighted by Gasteiger charge is 2.13. The summed E-state index contributed by atoms with van der Waals surface area (Å²) in [6.07, 6.45) is 22.7. The lowest BCUT2D eigenvalue weighted by atomic mass is 9.97. The summed E-state index contributed by atoms with van der Waals surface area (Å²) in [7, 11) is 0. The summed E-state index contributed by atoms with van der Waals surface area (Å²) in [5.74, 6) is 0.716. The van der Waals surface area contributed by atoms with E-state index in [1.165, 1.54) is 37.3 Å². The molecular formula is C58H46N4S. The third-order valence-corrected chi connectivity index (χ3v) is 12.3. The third kappa shape index (κ3) is 9.60. The van der Waals surface area contributed by atoms with Crippen molar-refractivity contribution < 1.29 is 0 Å². The number of nitrogens with zero attached hydrogens (tertiary/aromatic N) is 3. The van der Waals surface area contributed by atoms with E-state index in [1.54, 1.807) is 0 Å². The number of allylic oxidation sites excluding steroid dienone is 8.